The van der Waals surface area contributed by atoms with Gasteiger partial charge in [0.15, 0.2) is 0 Å². The van der Waals surface area contributed by atoms with E-state index in [2.05, 4.69) is 9.97 Å². The van der Waals surface area contributed by atoms with Crippen molar-refractivity contribution in [2.45, 2.75) is 11.4 Å². The second-order valence-electron chi connectivity index (χ2n) is 4.03. The molecule has 0 atom stereocenters. The molecule has 2 aromatic rings. The Labute approximate surface area is 116 Å². The number of nitrogens with zero attached hydrogens (tertiary/aromatic N) is 4. The van der Waals surface area contributed by atoms with Gasteiger partial charge in [0.1, 0.15) is 11.0 Å². The van der Waals surface area contributed by atoms with Crippen LogP contribution in [-0.4, -0.2) is 34.3 Å². The highest BCUT2D eigenvalue weighted by Gasteiger charge is 2.22. The van der Waals surface area contributed by atoms with Crippen LogP contribution in [0.25, 0.3) is 0 Å². The first-order chi connectivity index (χ1) is 8.91. The molecule has 0 aromatic carbocycles. The molecule has 0 saturated carbocycles. The Morgan fingerprint density at radius 3 is 2.68 bits per heavy atom. The first kappa shape index (κ1) is 14.0. The molecule has 0 aliphatic heterocycles. The van der Waals surface area contributed by atoms with E-state index in [-0.39, 0.29) is 16.6 Å². The standard InChI is InChI=1S/C11H13ClN4O2S/c1-15-6-5-14-11(15)8-16(2)19(17,18)9-3-4-13-10(12)7-9/h3-7H,8H2,1-2H3. The van der Waals surface area contributed by atoms with Crippen molar-refractivity contribution in [2.24, 2.45) is 7.05 Å². The second kappa shape index (κ2) is 5.28. The van der Waals surface area contributed by atoms with Crippen molar-refractivity contribution < 1.29 is 8.42 Å². The Kier molecular flexibility index (Phi) is 3.88. The molecule has 2 rings (SSSR count). The quantitative estimate of drug-likeness (QED) is 0.798. The molecule has 0 fully saturated rings. The number of aromatic nitrogens is 3. The molecular formula is C11H13ClN4O2S. The molecule has 2 heterocycles. The van der Waals surface area contributed by atoms with Crippen LogP contribution in [0, 0.1) is 0 Å². The smallest absolute Gasteiger partial charge is 0.243 e. The minimum atomic E-state index is -3.60. The summed E-state index contributed by atoms with van der Waals surface area (Å²) < 4.78 is 27.6. The van der Waals surface area contributed by atoms with E-state index in [9.17, 15) is 8.42 Å². The Bertz CT molecular complexity index is 684. The lowest BCUT2D eigenvalue weighted by molar-refractivity contribution is 0.451. The van der Waals surface area contributed by atoms with Crippen molar-refractivity contribution >= 4 is 21.6 Å². The number of imidazole rings is 1. The summed E-state index contributed by atoms with van der Waals surface area (Å²) >= 11 is 5.71. The lowest BCUT2D eigenvalue weighted by atomic mass is 10.5. The molecule has 0 N–H and O–H groups in total. The highest BCUT2D eigenvalue weighted by molar-refractivity contribution is 7.89. The maximum absolute atomic E-state index is 12.3. The fourth-order valence-corrected chi connectivity index (χ4v) is 2.94. The molecule has 0 aliphatic rings. The van der Waals surface area contributed by atoms with Gasteiger partial charge >= 0.3 is 0 Å². The van der Waals surface area contributed by atoms with Gasteiger partial charge in [0, 0.05) is 32.7 Å². The van der Waals surface area contributed by atoms with E-state index in [4.69, 9.17) is 11.6 Å². The lowest BCUT2D eigenvalue weighted by Crippen LogP contribution is -2.27. The topological polar surface area (TPSA) is 68.1 Å². The van der Waals surface area contributed by atoms with Gasteiger partial charge in [0.05, 0.1) is 11.4 Å². The van der Waals surface area contributed by atoms with Crippen molar-refractivity contribution in [3.63, 3.8) is 0 Å². The molecule has 102 valence electrons. The summed E-state index contributed by atoms with van der Waals surface area (Å²) in [5, 5.41) is 0.145. The minimum absolute atomic E-state index is 0.115. The van der Waals surface area contributed by atoms with Crippen molar-refractivity contribution in [1.82, 2.24) is 18.8 Å². The van der Waals surface area contributed by atoms with Gasteiger partial charge in [-0.2, -0.15) is 4.31 Å². The van der Waals surface area contributed by atoms with Gasteiger partial charge < -0.3 is 4.57 Å². The summed E-state index contributed by atoms with van der Waals surface area (Å²) in [6, 6.07) is 2.74. The maximum Gasteiger partial charge on any atom is 0.243 e. The minimum Gasteiger partial charge on any atom is -0.337 e. The Hall–Kier alpha value is -1.44. The van der Waals surface area contributed by atoms with Crippen LogP contribution in [0.15, 0.2) is 35.6 Å². The lowest BCUT2D eigenvalue weighted by Gasteiger charge is -2.16. The second-order valence-corrected chi connectivity index (χ2v) is 6.46. The molecule has 0 bridgehead atoms. The van der Waals surface area contributed by atoms with Gasteiger partial charge in [-0.1, -0.05) is 11.6 Å². The van der Waals surface area contributed by atoms with Crippen molar-refractivity contribution in [3.8, 4) is 0 Å². The molecule has 0 unspecified atom stereocenters. The zero-order valence-corrected chi connectivity index (χ0v) is 12.1. The third kappa shape index (κ3) is 2.94. The fourth-order valence-electron chi connectivity index (χ4n) is 1.56. The largest absolute Gasteiger partial charge is 0.337 e. The summed E-state index contributed by atoms with van der Waals surface area (Å²) in [6.45, 7) is 0.186. The molecule has 6 nitrogen and oxygen atoms in total. The average molecular weight is 301 g/mol. The normalized spacial score (nSPS) is 12.0. The summed E-state index contributed by atoms with van der Waals surface area (Å²) in [6.07, 6.45) is 4.75. The van der Waals surface area contributed by atoms with E-state index in [1.807, 2.05) is 7.05 Å². The van der Waals surface area contributed by atoms with Crippen molar-refractivity contribution in [2.75, 3.05) is 7.05 Å². The number of rotatable bonds is 4. The van der Waals surface area contributed by atoms with Crippen LogP contribution in [-0.2, 0) is 23.6 Å². The van der Waals surface area contributed by atoms with Gasteiger partial charge in [-0.15, -0.1) is 0 Å². The first-order valence-corrected chi connectivity index (χ1v) is 7.27. The van der Waals surface area contributed by atoms with Gasteiger partial charge in [0.2, 0.25) is 10.0 Å². The number of aryl methyl sites for hydroxylation is 1. The molecule has 0 aliphatic carbocycles. The van der Waals surface area contributed by atoms with Crippen LogP contribution in [0.1, 0.15) is 5.82 Å². The third-order valence-electron chi connectivity index (χ3n) is 2.69. The van der Waals surface area contributed by atoms with E-state index in [0.29, 0.717) is 5.82 Å². The third-order valence-corrected chi connectivity index (χ3v) is 4.70. The predicted molar refractivity (Wildman–Crippen MR) is 71.1 cm³/mol. The SMILES string of the molecule is CN(Cc1nccn1C)S(=O)(=O)c1ccnc(Cl)c1. The van der Waals surface area contributed by atoms with Crippen molar-refractivity contribution in [3.05, 3.63) is 41.7 Å². The Morgan fingerprint density at radius 1 is 1.37 bits per heavy atom. The monoisotopic (exact) mass is 300 g/mol. The predicted octanol–water partition coefficient (Wildman–Crippen LogP) is 1.29. The van der Waals surface area contributed by atoms with E-state index < -0.39 is 10.0 Å². The zero-order chi connectivity index (χ0) is 14.0. The number of sulfonamides is 1. The molecule has 2 aromatic heterocycles. The number of halogens is 1. The van der Waals surface area contributed by atoms with Gasteiger partial charge in [-0.3, -0.25) is 0 Å². The molecule has 0 radical (unpaired) electrons. The highest BCUT2D eigenvalue weighted by Crippen LogP contribution is 2.18. The van der Waals surface area contributed by atoms with E-state index >= 15 is 0 Å². The van der Waals surface area contributed by atoms with Gasteiger partial charge in [0.25, 0.3) is 0 Å². The Balaban J connectivity index is 2.27. The van der Waals surface area contributed by atoms with E-state index in [0.717, 1.165) is 0 Å². The summed E-state index contributed by atoms with van der Waals surface area (Å²) in [5.74, 6) is 0.659. The molecule has 8 heteroatoms. The average Bonchev–Trinajstić information content (AvgIpc) is 2.75. The first-order valence-electron chi connectivity index (χ1n) is 5.45. The van der Waals surface area contributed by atoms with Crippen LogP contribution in [0.5, 0.6) is 0 Å². The van der Waals surface area contributed by atoms with Crippen LogP contribution >= 0.6 is 11.6 Å². The van der Waals surface area contributed by atoms with E-state index in [1.54, 1.807) is 17.0 Å². The van der Waals surface area contributed by atoms with Crippen LogP contribution < -0.4 is 0 Å². The van der Waals surface area contributed by atoms with Gasteiger partial charge in [-0.05, 0) is 12.1 Å². The molecule has 0 spiro atoms. The fraction of sp³-hybridized carbons (Fsp3) is 0.273. The molecular weight excluding hydrogens is 288 g/mol. The number of hydrogen-bond acceptors (Lipinski definition) is 4. The van der Waals surface area contributed by atoms with E-state index in [1.165, 1.54) is 29.7 Å². The van der Waals surface area contributed by atoms with Crippen LogP contribution in [0.2, 0.25) is 5.15 Å². The summed E-state index contributed by atoms with van der Waals surface area (Å²) in [4.78, 5) is 7.98. The summed E-state index contributed by atoms with van der Waals surface area (Å²) in [7, 11) is -0.289. The Morgan fingerprint density at radius 2 is 2.11 bits per heavy atom. The zero-order valence-electron chi connectivity index (χ0n) is 10.5. The highest BCUT2D eigenvalue weighted by atomic mass is 35.5. The number of hydrogen-bond donors (Lipinski definition) is 0. The van der Waals surface area contributed by atoms with Gasteiger partial charge in [-0.25, -0.2) is 18.4 Å². The summed E-state index contributed by atoms with van der Waals surface area (Å²) in [5.41, 5.74) is 0. The molecule has 0 amide bonds. The van der Waals surface area contributed by atoms with Crippen LogP contribution in [0.4, 0.5) is 0 Å². The maximum atomic E-state index is 12.3. The molecule has 0 saturated heterocycles. The van der Waals surface area contributed by atoms with Crippen molar-refractivity contribution in [1.29, 1.82) is 0 Å². The molecule has 19 heavy (non-hydrogen) atoms. The number of pyridine rings is 1. The van der Waals surface area contributed by atoms with Crippen LogP contribution in [0.3, 0.4) is 0 Å².